The van der Waals surface area contributed by atoms with E-state index in [0.29, 0.717) is 31.7 Å². The number of hydrogen-bond acceptors (Lipinski definition) is 4. The van der Waals surface area contributed by atoms with E-state index in [-0.39, 0.29) is 24.2 Å². The number of methoxy groups -OCH3 is 1. The summed E-state index contributed by atoms with van der Waals surface area (Å²) in [5.41, 5.74) is 0.691. The molecule has 1 aliphatic rings. The van der Waals surface area contributed by atoms with Gasteiger partial charge in [0.05, 0.1) is 6.42 Å². The molecular weight excluding hydrogens is 311 g/mol. The van der Waals surface area contributed by atoms with Crippen LogP contribution in [0.5, 0.6) is 0 Å². The number of rotatable bonds is 4. The first-order chi connectivity index (χ1) is 11.6. The largest absolute Gasteiger partial charge is 0.377 e. The topological polar surface area (TPSA) is 60.3 Å². The van der Waals surface area contributed by atoms with Gasteiger partial charge >= 0.3 is 0 Å². The maximum atomic E-state index is 13.3. The SMILES string of the molecule is COCc1nnc2n1CCN(C(=O)Cc1cccc(F)c1)[C@@H](C)C2. The Labute approximate surface area is 140 Å². The second-order valence-corrected chi connectivity index (χ2v) is 6.06. The Bertz CT molecular complexity index is 731. The van der Waals surface area contributed by atoms with E-state index in [9.17, 15) is 9.18 Å². The summed E-state index contributed by atoms with van der Waals surface area (Å²) in [6, 6.07) is 6.21. The standard InChI is InChI=1S/C17H21FN4O2/c1-12-8-15-19-20-16(11-24-2)22(15)7-6-21(12)17(23)10-13-4-3-5-14(18)9-13/h3-5,9,12H,6-8,10-11H2,1-2H3/t12-/m0/s1. The fourth-order valence-corrected chi connectivity index (χ4v) is 3.11. The summed E-state index contributed by atoms with van der Waals surface area (Å²) in [7, 11) is 1.62. The first kappa shape index (κ1) is 16.6. The fraction of sp³-hybridized carbons (Fsp3) is 0.471. The van der Waals surface area contributed by atoms with Gasteiger partial charge in [0, 0.05) is 32.7 Å². The molecule has 7 heteroatoms. The Kier molecular flexibility index (Phi) is 4.89. The van der Waals surface area contributed by atoms with Crippen molar-refractivity contribution in [3.8, 4) is 0 Å². The van der Waals surface area contributed by atoms with Crippen molar-refractivity contribution >= 4 is 5.91 Å². The monoisotopic (exact) mass is 332 g/mol. The lowest BCUT2D eigenvalue weighted by atomic mass is 10.1. The molecule has 1 amide bonds. The molecular formula is C17H21FN4O2. The van der Waals surface area contributed by atoms with Gasteiger partial charge in [-0.05, 0) is 24.6 Å². The number of amides is 1. The molecule has 0 bridgehead atoms. The second kappa shape index (κ2) is 7.09. The van der Waals surface area contributed by atoms with Crippen LogP contribution in [0.15, 0.2) is 24.3 Å². The minimum Gasteiger partial charge on any atom is -0.377 e. The molecule has 0 fully saturated rings. The number of nitrogens with zero attached hydrogens (tertiary/aromatic N) is 4. The van der Waals surface area contributed by atoms with Crippen molar-refractivity contribution in [1.82, 2.24) is 19.7 Å². The van der Waals surface area contributed by atoms with E-state index in [0.717, 1.165) is 11.6 Å². The predicted molar refractivity (Wildman–Crippen MR) is 85.7 cm³/mol. The Morgan fingerprint density at radius 3 is 2.96 bits per heavy atom. The van der Waals surface area contributed by atoms with Gasteiger partial charge in [0.1, 0.15) is 18.2 Å². The quantitative estimate of drug-likeness (QED) is 0.853. The summed E-state index contributed by atoms with van der Waals surface area (Å²) in [5, 5.41) is 8.37. The molecule has 128 valence electrons. The van der Waals surface area contributed by atoms with Crippen LogP contribution in [-0.2, 0) is 35.5 Å². The molecule has 1 aromatic heterocycles. The van der Waals surface area contributed by atoms with Crippen molar-refractivity contribution in [2.45, 2.75) is 39.0 Å². The summed E-state index contributed by atoms with van der Waals surface area (Å²) >= 11 is 0. The highest BCUT2D eigenvalue weighted by atomic mass is 19.1. The average Bonchev–Trinajstić information content (AvgIpc) is 2.81. The zero-order chi connectivity index (χ0) is 17.1. The van der Waals surface area contributed by atoms with Crippen LogP contribution in [0, 0.1) is 5.82 Å². The number of hydrogen-bond donors (Lipinski definition) is 0. The van der Waals surface area contributed by atoms with Gasteiger partial charge in [0.15, 0.2) is 5.82 Å². The molecule has 24 heavy (non-hydrogen) atoms. The van der Waals surface area contributed by atoms with E-state index >= 15 is 0 Å². The zero-order valence-electron chi connectivity index (χ0n) is 13.9. The van der Waals surface area contributed by atoms with Gasteiger partial charge in [-0.1, -0.05) is 12.1 Å². The first-order valence-electron chi connectivity index (χ1n) is 8.02. The van der Waals surface area contributed by atoms with Crippen molar-refractivity contribution in [3.05, 3.63) is 47.3 Å². The van der Waals surface area contributed by atoms with Crippen LogP contribution in [0.4, 0.5) is 4.39 Å². The Morgan fingerprint density at radius 1 is 1.38 bits per heavy atom. The van der Waals surface area contributed by atoms with E-state index < -0.39 is 0 Å². The molecule has 1 aromatic carbocycles. The maximum Gasteiger partial charge on any atom is 0.227 e. The number of fused-ring (bicyclic) bond motifs is 1. The summed E-state index contributed by atoms with van der Waals surface area (Å²) < 4.78 is 20.5. The molecule has 0 saturated heterocycles. The lowest BCUT2D eigenvalue weighted by Gasteiger charge is -2.26. The van der Waals surface area contributed by atoms with E-state index in [1.807, 2.05) is 16.4 Å². The summed E-state index contributed by atoms with van der Waals surface area (Å²) in [5.74, 6) is 1.33. The number of carbonyl (C=O) groups excluding carboxylic acids is 1. The summed E-state index contributed by atoms with van der Waals surface area (Å²) in [6.07, 6.45) is 0.846. The molecule has 0 saturated carbocycles. The zero-order valence-corrected chi connectivity index (χ0v) is 13.9. The lowest BCUT2D eigenvalue weighted by Crippen LogP contribution is -2.41. The van der Waals surface area contributed by atoms with Crippen LogP contribution in [0.3, 0.4) is 0 Å². The average molecular weight is 332 g/mol. The highest BCUT2D eigenvalue weighted by Gasteiger charge is 2.27. The van der Waals surface area contributed by atoms with E-state index in [4.69, 9.17) is 4.74 Å². The molecule has 0 aliphatic carbocycles. The molecule has 1 aliphatic heterocycles. The highest BCUT2D eigenvalue weighted by molar-refractivity contribution is 5.79. The fourth-order valence-electron chi connectivity index (χ4n) is 3.11. The Morgan fingerprint density at radius 2 is 2.21 bits per heavy atom. The number of benzene rings is 1. The summed E-state index contributed by atoms with van der Waals surface area (Å²) in [6.45, 7) is 3.62. The molecule has 0 N–H and O–H groups in total. The number of halogens is 1. The minimum absolute atomic E-state index is 0.0000961. The minimum atomic E-state index is -0.320. The Balaban J connectivity index is 1.72. The highest BCUT2D eigenvalue weighted by Crippen LogP contribution is 2.17. The van der Waals surface area contributed by atoms with Crippen LogP contribution in [0.25, 0.3) is 0 Å². The van der Waals surface area contributed by atoms with Crippen LogP contribution in [0.1, 0.15) is 24.1 Å². The first-order valence-corrected chi connectivity index (χ1v) is 8.02. The van der Waals surface area contributed by atoms with Crippen molar-refractivity contribution in [2.75, 3.05) is 13.7 Å². The van der Waals surface area contributed by atoms with Gasteiger partial charge in [-0.25, -0.2) is 4.39 Å². The second-order valence-electron chi connectivity index (χ2n) is 6.06. The molecule has 6 nitrogen and oxygen atoms in total. The van der Waals surface area contributed by atoms with Gasteiger partial charge in [-0.2, -0.15) is 0 Å². The van der Waals surface area contributed by atoms with Crippen LogP contribution < -0.4 is 0 Å². The predicted octanol–water partition coefficient (Wildman–Crippen LogP) is 1.58. The number of aromatic nitrogens is 3. The van der Waals surface area contributed by atoms with Crippen molar-refractivity contribution in [3.63, 3.8) is 0 Å². The maximum absolute atomic E-state index is 13.3. The van der Waals surface area contributed by atoms with Gasteiger partial charge in [-0.15, -0.1) is 10.2 Å². The van der Waals surface area contributed by atoms with Gasteiger partial charge in [-0.3, -0.25) is 4.79 Å². The van der Waals surface area contributed by atoms with E-state index in [2.05, 4.69) is 10.2 Å². The third-order valence-electron chi connectivity index (χ3n) is 4.32. The van der Waals surface area contributed by atoms with Crippen molar-refractivity contribution in [2.24, 2.45) is 0 Å². The Hall–Kier alpha value is -2.28. The van der Waals surface area contributed by atoms with Gasteiger partial charge < -0.3 is 14.2 Å². The molecule has 0 spiro atoms. The molecule has 2 heterocycles. The molecule has 3 rings (SSSR count). The number of carbonyl (C=O) groups is 1. The third-order valence-corrected chi connectivity index (χ3v) is 4.32. The normalized spacial score (nSPS) is 17.5. The molecule has 2 aromatic rings. The van der Waals surface area contributed by atoms with Crippen LogP contribution in [0.2, 0.25) is 0 Å². The van der Waals surface area contributed by atoms with E-state index in [1.54, 1.807) is 19.2 Å². The summed E-state index contributed by atoms with van der Waals surface area (Å²) in [4.78, 5) is 14.5. The number of ether oxygens (including phenoxy) is 1. The van der Waals surface area contributed by atoms with E-state index in [1.165, 1.54) is 12.1 Å². The molecule has 1 atom stereocenters. The van der Waals surface area contributed by atoms with Crippen LogP contribution in [-0.4, -0.2) is 45.3 Å². The smallest absolute Gasteiger partial charge is 0.227 e. The lowest BCUT2D eigenvalue weighted by molar-refractivity contribution is -0.132. The van der Waals surface area contributed by atoms with Crippen LogP contribution >= 0.6 is 0 Å². The van der Waals surface area contributed by atoms with Gasteiger partial charge in [0.2, 0.25) is 5.91 Å². The molecule has 0 unspecified atom stereocenters. The van der Waals surface area contributed by atoms with Crippen molar-refractivity contribution in [1.29, 1.82) is 0 Å². The van der Waals surface area contributed by atoms with Gasteiger partial charge in [0.25, 0.3) is 0 Å². The third kappa shape index (κ3) is 3.46. The molecule has 0 radical (unpaired) electrons. The van der Waals surface area contributed by atoms with Crippen molar-refractivity contribution < 1.29 is 13.9 Å².